The van der Waals surface area contributed by atoms with E-state index in [0.29, 0.717) is 13.0 Å². The lowest BCUT2D eigenvalue weighted by Crippen LogP contribution is -2.39. The van der Waals surface area contributed by atoms with E-state index in [4.69, 9.17) is 0 Å². The Morgan fingerprint density at radius 2 is 1.85 bits per heavy atom. The number of nitrogens with one attached hydrogen (secondary N) is 2. The van der Waals surface area contributed by atoms with Gasteiger partial charge in [0.1, 0.15) is 0 Å². The van der Waals surface area contributed by atoms with E-state index < -0.39 is 0 Å². The number of nitrogens with zero attached hydrogens (tertiary/aromatic N) is 2. The third-order valence-corrected chi connectivity index (χ3v) is 5.38. The Morgan fingerprint density at radius 3 is 2.46 bits per heavy atom. The standard InChI is InChI=1S/C21H30N4O/c1-16-19(17(2)24-23-16)14-21(26)22-15-20(18-10-6-5-7-11-18)25-12-8-3-4-9-13-25/h5-7,10-11,20H,3-4,8-9,12-15H2,1-2H3,(H,22,26)(H,23,24)/t20-/m0/s1. The van der Waals surface area contributed by atoms with Crippen molar-refractivity contribution in [2.75, 3.05) is 19.6 Å². The van der Waals surface area contributed by atoms with Gasteiger partial charge in [0.2, 0.25) is 5.91 Å². The van der Waals surface area contributed by atoms with Gasteiger partial charge in [0, 0.05) is 17.8 Å². The summed E-state index contributed by atoms with van der Waals surface area (Å²) in [5.41, 5.74) is 4.17. The molecule has 0 spiro atoms. The zero-order valence-corrected chi connectivity index (χ0v) is 15.9. The minimum Gasteiger partial charge on any atom is -0.354 e. The minimum absolute atomic E-state index is 0.0633. The summed E-state index contributed by atoms with van der Waals surface area (Å²) in [6.45, 7) is 6.77. The van der Waals surface area contributed by atoms with Gasteiger partial charge in [-0.25, -0.2) is 0 Å². The Balaban J connectivity index is 1.66. The van der Waals surface area contributed by atoms with Crippen LogP contribution in [0.5, 0.6) is 0 Å². The largest absolute Gasteiger partial charge is 0.354 e. The Kier molecular flexibility index (Phi) is 6.45. The van der Waals surface area contributed by atoms with Crippen molar-refractivity contribution in [3.05, 3.63) is 52.8 Å². The molecular formula is C21H30N4O. The molecule has 0 aliphatic carbocycles. The number of hydrogen-bond acceptors (Lipinski definition) is 3. The first kappa shape index (κ1) is 18.6. The summed E-state index contributed by atoms with van der Waals surface area (Å²) in [5, 5.41) is 10.3. The molecule has 0 bridgehead atoms. The molecule has 26 heavy (non-hydrogen) atoms. The fourth-order valence-electron chi connectivity index (χ4n) is 3.81. The van der Waals surface area contributed by atoms with E-state index >= 15 is 0 Å². The lowest BCUT2D eigenvalue weighted by atomic mass is 10.0. The number of likely N-dealkylation sites (tertiary alicyclic amines) is 1. The molecule has 5 heteroatoms. The monoisotopic (exact) mass is 354 g/mol. The summed E-state index contributed by atoms with van der Waals surface area (Å²) < 4.78 is 0. The molecular weight excluding hydrogens is 324 g/mol. The molecule has 140 valence electrons. The van der Waals surface area contributed by atoms with Crippen molar-refractivity contribution in [2.45, 2.75) is 52.0 Å². The van der Waals surface area contributed by atoms with E-state index in [1.54, 1.807) is 0 Å². The van der Waals surface area contributed by atoms with Gasteiger partial charge in [0.05, 0.1) is 18.2 Å². The Bertz CT molecular complexity index is 683. The second-order valence-corrected chi connectivity index (χ2v) is 7.27. The first-order chi connectivity index (χ1) is 12.6. The van der Waals surface area contributed by atoms with Crippen molar-refractivity contribution in [3.63, 3.8) is 0 Å². The number of aryl methyl sites for hydroxylation is 2. The maximum atomic E-state index is 12.5. The van der Waals surface area contributed by atoms with Gasteiger partial charge in [0.25, 0.3) is 0 Å². The van der Waals surface area contributed by atoms with Gasteiger partial charge >= 0.3 is 0 Å². The number of aromatic amines is 1. The molecule has 1 amide bonds. The topological polar surface area (TPSA) is 61.0 Å². The van der Waals surface area contributed by atoms with Crippen molar-refractivity contribution in [1.29, 1.82) is 0 Å². The third kappa shape index (κ3) is 4.73. The van der Waals surface area contributed by atoms with Crippen molar-refractivity contribution in [1.82, 2.24) is 20.4 Å². The number of hydrogen-bond donors (Lipinski definition) is 2. The highest BCUT2D eigenvalue weighted by Crippen LogP contribution is 2.23. The molecule has 2 N–H and O–H groups in total. The number of amides is 1. The van der Waals surface area contributed by atoms with E-state index in [2.05, 4.69) is 44.7 Å². The van der Waals surface area contributed by atoms with E-state index in [0.717, 1.165) is 30.0 Å². The molecule has 3 rings (SSSR count). The highest BCUT2D eigenvalue weighted by atomic mass is 16.1. The maximum absolute atomic E-state index is 12.5. The van der Waals surface area contributed by atoms with Crippen LogP contribution in [0.25, 0.3) is 0 Å². The quantitative estimate of drug-likeness (QED) is 0.837. The first-order valence-corrected chi connectivity index (χ1v) is 9.71. The Morgan fingerprint density at radius 1 is 1.15 bits per heavy atom. The Labute approximate surface area is 156 Å². The van der Waals surface area contributed by atoms with Crippen molar-refractivity contribution >= 4 is 5.91 Å². The van der Waals surface area contributed by atoms with Crippen LogP contribution < -0.4 is 5.32 Å². The summed E-state index contributed by atoms with van der Waals surface area (Å²) >= 11 is 0. The maximum Gasteiger partial charge on any atom is 0.224 e. The molecule has 2 aromatic rings. The Hall–Kier alpha value is -2.14. The number of H-pyrrole nitrogens is 1. The number of rotatable bonds is 6. The third-order valence-electron chi connectivity index (χ3n) is 5.38. The van der Waals surface area contributed by atoms with Gasteiger partial charge in [-0.15, -0.1) is 0 Å². The summed E-state index contributed by atoms with van der Waals surface area (Å²) in [4.78, 5) is 15.1. The molecule has 1 aliphatic heterocycles. The second-order valence-electron chi connectivity index (χ2n) is 7.27. The molecule has 0 radical (unpaired) electrons. The van der Waals surface area contributed by atoms with Crippen LogP contribution in [0.3, 0.4) is 0 Å². The molecule has 0 unspecified atom stereocenters. The molecule has 1 fully saturated rings. The second kappa shape index (κ2) is 8.99. The van der Waals surface area contributed by atoms with Gasteiger partial charge in [-0.05, 0) is 45.3 Å². The van der Waals surface area contributed by atoms with E-state index in [9.17, 15) is 4.79 Å². The van der Waals surface area contributed by atoms with Crippen LogP contribution in [0.4, 0.5) is 0 Å². The fraction of sp³-hybridized carbons (Fsp3) is 0.524. The van der Waals surface area contributed by atoms with Gasteiger partial charge in [-0.3, -0.25) is 14.8 Å². The van der Waals surface area contributed by atoms with Crippen LogP contribution in [-0.2, 0) is 11.2 Å². The predicted octanol–water partition coefficient (Wildman–Crippen LogP) is 3.30. The van der Waals surface area contributed by atoms with Gasteiger partial charge in [-0.1, -0.05) is 43.2 Å². The van der Waals surface area contributed by atoms with E-state index in [1.807, 2.05) is 19.9 Å². The van der Waals surface area contributed by atoms with E-state index in [1.165, 1.54) is 31.2 Å². The zero-order valence-electron chi connectivity index (χ0n) is 15.9. The lowest BCUT2D eigenvalue weighted by Gasteiger charge is -2.31. The number of carbonyl (C=O) groups excluding carboxylic acids is 1. The lowest BCUT2D eigenvalue weighted by molar-refractivity contribution is -0.120. The molecule has 2 heterocycles. The summed E-state index contributed by atoms with van der Waals surface area (Å²) in [5.74, 6) is 0.0633. The van der Waals surface area contributed by atoms with Gasteiger partial charge in [-0.2, -0.15) is 5.10 Å². The molecule has 5 nitrogen and oxygen atoms in total. The van der Waals surface area contributed by atoms with Crippen molar-refractivity contribution in [3.8, 4) is 0 Å². The van der Waals surface area contributed by atoms with Gasteiger partial charge < -0.3 is 5.32 Å². The predicted molar refractivity (Wildman–Crippen MR) is 104 cm³/mol. The normalized spacial score (nSPS) is 16.8. The average Bonchev–Trinajstić information content (AvgIpc) is 2.85. The molecule has 1 saturated heterocycles. The van der Waals surface area contributed by atoms with Gasteiger partial charge in [0.15, 0.2) is 0 Å². The van der Waals surface area contributed by atoms with Crippen molar-refractivity contribution in [2.24, 2.45) is 0 Å². The molecule has 1 aliphatic rings. The zero-order chi connectivity index (χ0) is 18.4. The average molecular weight is 354 g/mol. The molecule has 1 aromatic carbocycles. The summed E-state index contributed by atoms with van der Waals surface area (Å²) in [7, 11) is 0. The molecule has 0 saturated carbocycles. The number of aromatic nitrogens is 2. The minimum atomic E-state index is 0.0633. The number of benzene rings is 1. The van der Waals surface area contributed by atoms with Crippen LogP contribution in [0.2, 0.25) is 0 Å². The highest BCUT2D eigenvalue weighted by molar-refractivity contribution is 5.79. The van der Waals surface area contributed by atoms with E-state index in [-0.39, 0.29) is 11.9 Å². The summed E-state index contributed by atoms with van der Waals surface area (Å²) in [6.07, 6.45) is 5.48. The first-order valence-electron chi connectivity index (χ1n) is 9.71. The van der Waals surface area contributed by atoms with Crippen LogP contribution in [0.15, 0.2) is 30.3 Å². The SMILES string of the molecule is Cc1n[nH]c(C)c1CC(=O)NC[C@@H](c1ccccc1)N1CCCCCC1. The number of carbonyl (C=O) groups is 1. The summed E-state index contributed by atoms with van der Waals surface area (Å²) in [6, 6.07) is 10.8. The van der Waals surface area contributed by atoms with Crippen LogP contribution in [0, 0.1) is 13.8 Å². The smallest absolute Gasteiger partial charge is 0.224 e. The molecule has 1 aromatic heterocycles. The molecule has 1 atom stereocenters. The van der Waals surface area contributed by atoms with Crippen LogP contribution in [-0.4, -0.2) is 40.6 Å². The van der Waals surface area contributed by atoms with Crippen LogP contribution >= 0.6 is 0 Å². The van der Waals surface area contributed by atoms with Crippen LogP contribution in [0.1, 0.15) is 54.2 Å². The fourth-order valence-corrected chi connectivity index (χ4v) is 3.81. The van der Waals surface area contributed by atoms with Crippen molar-refractivity contribution < 1.29 is 4.79 Å². The highest BCUT2D eigenvalue weighted by Gasteiger charge is 2.22.